The summed E-state index contributed by atoms with van der Waals surface area (Å²) in [6.45, 7) is 5.98. The minimum absolute atomic E-state index is 0.669. The predicted molar refractivity (Wildman–Crippen MR) is 178 cm³/mol. The lowest BCUT2D eigenvalue weighted by molar-refractivity contribution is 0.691. The van der Waals surface area contributed by atoms with Gasteiger partial charge in [-0.2, -0.15) is 0 Å². The molecule has 0 aliphatic carbocycles. The van der Waals surface area contributed by atoms with Gasteiger partial charge in [-0.3, -0.25) is 5.32 Å². The van der Waals surface area contributed by atoms with E-state index in [1.807, 2.05) is 11.3 Å². The van der Waals surface area contributed by atoms with Crippen LogP contribution in [-0.2, 0) is 6.54 Å². The third-order valence-electron chi connectivity index (χ3n) is 7.67. The summed E-state index contributed by atoms with van der Waals surface area (Å²) in [6.07, 6.45) is 6.62. The molecule has 0 spiro atoms. The number of anilines is 1. The van der Waals surface area contributed by atoms with Gasteiger partial charge in [-0.1, -0.05) is 104 Å². The smallest absolute Gasteiger partial charge is 0.0728 e. The number of rotatable bonds is 6. The van der Waals surface area contributed by atoms with Gasteiger partial charge >= 0.3 is 0 Å². The molecule has 0 atom stereocenters. The van der Waals surface area contributed by atoms with Crippen LogP contribution in [0.4, 0.5) is 5.69 Å². The van der Waals surface area contributed by atoms with Gasteiger partial charge in [0, 0.05) is 38.5 Å². The van der Waals surface area contributed by atoms with Crippen LogP contribution < -0.4 is 10.2 Å². The number of benzene rings is 5. The number of thiophene rings is 1. The molecule has 0 unspecified atom stereocenters. The summed E-state index contributed by atoms with van der Waals surface area (Å²) in [6, 6.07) is 43.2. The van der Waals surface area contributed by atoms with E-state index in [9.17, 15) is 0 Å². The van der Waals surface area contributed by atoms with Gasteiger partial charge in [0.2, 0.25) is 0 Å². The van der Waals surface area contributed by atoms with Crippen molar-refractivity contribution in [1.82, 2.24) is 5.32 Å². The Morgan fingerprint density at radius 2 is 1.39 bits per heavy atom. The van der Waals surface area contributed by atoms with E-state index in [4.69, 9.17) is 0 Å². The van der Waals surface area contributed by atoms with Crippen LogP contribution in [0.2, 0.25) is 0 Å². The van der Waals surface area contributed by atoms with Gasteiger partial charge in [0.15, 0.2) is 0 Å². The second-order valence-corrected chi connectivity index (χ2v) is 11.5. The van der Waals surface area contributed by atoms with E-state index in [1.54, 1.807) is 0 Å². The Labute approximate surface area is 245 Å². The summed E-state index contributed by atoms with van der Waals surface area (Å²) in [7, 11) is 0. The average Bonchev–Trinajstić information content (AvgIpc) is 3.39. The first-order valence-electron chi connectivity index (χ1n) is 13.9. The van der Waals surface area contributed by atoms with Crippen LogP contribution in [0.25, 0.3) is 42.4 Å². The lowest BCUT2D eigenvalue weighted by atomic mass is 9.96. The highest BCUT2D eigenvalue weighted by Gasteiger charge is 2.18. The molecule has 0 amide bonds. The van der Waals surface area contributed by atoms with Gasteiger partial charge in [0.05, 0.1) is 12.4 Å². The molecule has 2 nitrogen and oxygen atoms in total. The Hall–Kier alpha value is -4.70. The molecule has 0 saturated carbocycles. The van der Waals surface area contributed by atoms with Crippen LogP contribution in [0.15, 0.2) is 146 Å². The zero-order valence-electron chi connectivity index (χ0n) is 22.8. The largest absolute Gasteiger partial charge is 0.334 e. The van der Waals surface area contributed by atoms with E-state index in [0.717, 1.165) is 28.9 Å². The van der Waals surface area contributed by atoms with E-state index >= 15 is 0 Å². The summed E-state index contributed by atoms with van der Waals surface area (Å²) in [5.74, 6) is 0. The molecule has 0 radical (unpaired) electrons. The van der Waals surface area contributed by atoms with Crippen LogP contribution >= 0.6 is 11.3 Å². The minimum Gasteiger partial charge on any atom is -0.334 e. The topological polar surface area (TPSA) is 15.3 Å². The van der Waals surface area contributed by atoms with Crippen molar-refractivity contribution in [3.05, 3.63) is 163 Å². The van der Waals surface area contributed by atoms with E-state index in [0.29, 0.717) is 6.67 Å². The molecule has 0 fully saturated rings. The quantitative estimate of drug-likeness (QED) is 0.224. The molecule has 0 saturated heterocycles. The first-order chi connectivity index (χ1) is 20.2. The number of allylic oxidation sites excluding steroid dienone is 4. The first kappa shape index (κ1) is 25.3. The van der Waals surface area contributed by atoms with Crippen molar-refractivity contribution in [2.24, 2.45) is 0 Å². The molecule has 198 valence electrons. The highest BCUT2D eigenvalue weighted by molar-refractivity contribution is 7.25. The third kappa shape index (κ3) is 5.14. The molecule has 41 heavy (non-hydrogen) atoms. The maximum atomic E-state index is 4.54. The average molecular weight is 547 g/mol. The minimum atomic E-state index is 0.669. The number of hydrogen-bond acceptors (Lipinski definition) is 3. The summed E-state index contributed by atoms with van der Waals surface area (Å²) in [5, 5.41) is 6.31. The summed E-state index contributed by atoms with van der Waals surface area (Å²) < 4.78 is 2.60. The zero-order chi connectivity index (χ0) is 27.6. The number of nitrogens with zero attached hydrogens (tertiary/aromatic N) is 1. The van der Waals surface area contributed by atoms with Crippen LogP contribution in [0.5, 0.6) is 0 Å². The summed E-state index contributed by atoms with van der Waals surface area (Å²) in [5.41, 5.74) is 9.41. The van der Waals surface area contributed by atoms with Crippen molar-refractivity contribution in [2.75, 3.05) is 11.6 Å². The Morgan fingerprint density at radius 1 is 0.659 bits per heavy atom. The molecule has 1 aromatic heterocycles. The summed E-state index contributed by atoms with van der Waals surface area (Å²) >= 11 is 1.85. The molecule has 3 heteroatoms. The molecular formula is C38H30N2S. The normalized spacial score (nSPS) is 15.3. The Kier molecular flexibility index (Phi) is 6.81. The maximum absolute atomic E-state index is 4.54. The van der Waals surface area contributed by atoms with Gasteiger partial charge in [-0.05, 0) is 69.8 Å². The highest BCUT2D eigenvalue weighted by Crippen LogP contribution is 2.41. The second-order valence-electron chi connectivity index (χ2n) is 10.4. The lowest BCUT2D eigenvalue weighted by Gasteiger charge is -2.26. The van der Waals surface area contributed by atoms with Gasteiger partial charge in [-0.15, -0.1) is 11.3 Å². The number of fused-ring (bicyclic) bond motifs is 4. The molecule has 1 aliphatic heterocycles. The van der Waals surface area contributed by atoms with Crippen LogP contribution in [-0.4, -0.2) is 6.67 Å². The Bertz CT molecular complexity index is 1930. The fraction of sp³-hybridized carbons (Fsp3) is 0.0526. The monoisotopic (exact) mass is 546 g/mol. The molecule has 1 aliphatic rings. The van der Waals surface area contributed by atoms with E-state index in [-0.39, 0.29) is 0 Å². The van der Waals surface area contributed by atoms with Crippen molar-refractivity contribution < 1.29 is 0 Å². The standard InChI is InChI=1S/C38H30N2S/c1-27-21-32(30-14-6-3-7-15-30)19-20-40(26-39-25-28-11-10-16-31(22-28)29-12-4-2-5-13-29)36-23-35-33-17-8-9-18-37(33)41-38(35)24-34(27)36/h2-24,39H,1,25-26H2/b20-19-,32-21+. The van der Waals surface area contributed by atoms with Crippen molar-refractivity contribution in [3.63, 3.8) is 0 Å². The van der Waals surface area contributed by atoms with Crippen molar-refractivity contribution in [2.45, 2.75) is 6.54 Å². The Morgan fingerprint density at radius 3 is 2.22 bits per heavy atom. The maximum Gasteiger partial charge on any atom is 0.0728 e. The molecular weight excluding hydrogens is 516 g/mol. The van der Waals surface area contributed by atoms with E-state index in [1.165, 1.54) is 42.4 Å². The molecule has 2 heterocycles. The molecule has 6 aromatic rings. The van der Waals surface area contributed by atoms with E-state index in [2.05, 4.69) is 156 Å². The Balaban J connectivity index is 1.24. The molecule has 7 rings (SSSR count). The molecule has 1 N–H and O–H groups in total. The fourth-order valence-corrected chi connectivity index (χ4v) is 6.71. The van der Waals surface area contributed by atoms with Gasteiger partial charge < -0.3 is 4.90 Å². The van der Waals surface area contributed by atoms with Crippen LogP contribution in [0.1, 0.15) is 16.7 Å². The second kappa shape index (κ2) is 11.1. The first-order valence-corrected chi connectivity index (χ1v) is 14.8. The van der Waals surface area contributed by atoms with Gasteiger partial charge in [0.1, 0.15) is 0 Å². The predicted octanol–water partition coefficient (Wildman–Crippen LogP) is 9.90. The van der Waals surface area contributed by atoms with Crippen LogP contribution in [0.3, 0.4) is 0 Å². The zero-order valence-corrected chi connectivity index (χ0v) is 23.6. The lowest BCUT2D eigenvalue weighted by Crippen LogP contribution is -2.30. The fourth-order valence-electron chi connectivity index (χ4n) is 5.58. The third-order valence-corrected chi connectivity index (χ3v) is 8.80. The van der Waals surface area contributed by atoms with Crippen molar-refractivity contribution in [1.29, 1.82) is 0 Å². The van der Waals surface area contributed by atoms with Crippen molar-refractivity contribution >= 4 is 48.3 Å². The van der Waals surface area contributed by atoms with Gasteiger partial charge in [-0.25, -0.2) is 0 Å². The number of hydrogen-bond donors (Lipinski definition) is 1. The highest BCUT2D eigenvalue weighted by atomic mass is 32.1. The molecule has 5 aromatic carbocycles. The van der Waals surface area contributed by atoms with Crippen molar-refractivity contribution in [3.8, 4) is 11.1 Å². The van der Waals surface area contributed by atoms with E-state index < -0.39 is 0 Å². The van der Waals surface area contributed by atoms with Gasteiger partial charge in [0.25, 0.3) is 0 Å². The number of nitrogens with one attached hydrogen (secondary N) is 1. The van der Waals surface area contributed by atoms with Crippen LogP contribution in [0, 0.1) is 0 Å². The SMILES string of the molecule is C=C1/C=C(c2ccccc2)\C=C/N(CNCc2cccc(-c3ccccc3)c2)c2cc3c(cc21)sc1ccccc13. The summed E-state index contributed by atoms with van der Waals surface area (Å²) in [4.78, 5) is 2.32. The molecule has 0 bridgehead atoms.